The number of imidazole rings is 1. The highest BCUT2D eigenvalue weighted by molar-refractivity contribution is 6.09. The van der Waals surface area contributed by atoms with Crippen LogP contribution in [0.5, 0.6) is 11.5 Å². The van der Waals surface area contributed by atoms with Gasteiger partial charge in [0.05, 0.1) is 47.1 Å². The summed E-state index contributed by atoms with van der Waals surface area (Å²) in [6, 6.07) is 31.7. The Hall–Kier alpha value is -7.24. The summed E-state index contributed by atoms with van der Waals surface area (Å²) in [4.78, 5) is 4.84. The second-order valence-corrected chi connectivity index (χ2v) is 17.8. The molecule has 5 nitrogen and oxygen atoms in total. The van der Waals surface area contributed by atoms with E-state index in [1.54, 1.807) is 22.8 Å². The van der Waals surface area contributed by atoms with E-state index >= 15 is 0 Å². The van der Waals surface area contributed by atoms with Gasteiger partial charge in [-0.05, 0) is 99.7 Å². The van der Waals surface area contributed by atoms with Crippen LogP contribution in [0.2, 0.25) is 0 Å². The van der Waals surface area contributed by atoms with E-state index < -0.39 is 60.4 Å². The first-order chi connectivity index (χ1) is 34.1. The van der Waals surface area contributed by atoms with E-state index in [1.165, 1.54) is 0 Å². The van der Waals surface area contributed by atoms with Crippen LogP contribution in [-0.2, 0) is 11.8 Å². The van der Waals surface area contributed by atoms with Crippen molar-refractivity contribution in [3.63, 3.8) is 0 Å². The number of pyridine rings is 1. The molecule has 0 fully saturated rings. The van der Waals surface area contributed by atoms with Gasteiger partial charge in [0.15, 0.2) is 0 Å². The number of rotatable bonds is 8. The fourth-order valence-corrected chi connectivity index (χ4v) is 8.28. The third kappa shape index (κ3) is 7.34. The van der Waals surface area contributed by atoms with Crippen molar-refractivity contribution < 1.29 is 23.0 Å². The Morgan fingerprint density at radius 3 is 2.02 bits per heavy atom. The van der Waals surface area contributed by atoms with Crippen LogP contribution < -0.4 is 9.30 Å². The molecule has 10 aromatic rings. The van der Waals surface area contributed by atoms with Gasteiger partial charge in [0.2, 0.25) is 0 Å². The van der Waals surface area contributed by atoms with E-state index in [2.05, 4.69) is 88.8 Å². The predicted molar refractivity (Wildman–Crippen MR) is 255 cm³/mol. The first-order valence-corrected chi connectivity index (χ1v) is 20.7. The fraction of sp³-hybridized carbons (Fsp3) is 0.158. The second kappa shape index (κ2) is 15.3. The summed E-state index contributed by atoms with van der Waals surface area (Å²) in [5, 5.41) is 2.13. The number of nitrogens with zero attached hydrogens (tertiary/aromatic N) is 4. The van der Waals surface area contributed by atoms with Crippen molar-refractivity contribution in [2.45, 2.75) is 53.4 Å². The summed E-state index contributed by atoms with van der Waals surface area (Å²) in [6.07, 6.45) is 6.10. The van der Waals surface area contributed by atoms with Gasteiger partial charge < -0.3 is 4.74 Å². The molecular weight excluding hydrogens is 757 g/mol. The second-order valence-electron chi connectivity index (χ2n) is 17.8. The molecule has 7 aromatic carbocycles. The van der Waals surface area contributed by atoms with Gasteiger partial charge >= 0.3 is 0 Å². The minimum absolute atomic E-state index is 0.0848. The van der Waals surface area contributed by atoms with E-state index in [9.17, 15) is 0 Å². The molecule has 3 aromatic heterocycles. The zero-order valence-electron chi connectivity index (χ0n) is 45.5. The Kier molecular flexibility index (Phi) is 7.20. The van der Waals surface area contributed by atoms with Crippen LogP contribution in [0.15, 0.2) is 182 Å². The van der Waals surface area contributed by atoms with E-state index in [4.69, 9.17) is 23.4 Å². The maximum absolute atomic E-state index is 9.10. The molecule has 0 bridgehead atoms. The van der Waals surface area contributed by atoms with Gasteiger partial charge in [0.25, 0.3) is 6.33 Å². The summed E-state index contributed by atoms with van der Waals surface area (Å²) in [7, 11) is 0. The number of hydrogen-bond donors (Lipinski definition) is 0. The van der Waals surface area contributed by atoms with Gasteiger partial charge in [-0.1, -0.05) is 162 Å². The molecule has 0 unspecified atom stereocenters. The molecule has 3 heterocycles. The molecule has 0 saturated heterocycles. The molecule has 0 aliphatic heterocycles. The monoisotopic (exact) mass is 816 g/mol. The lowest BCUT2D eigenvalue weighted by Gasteiger charge is -2.20. The molecule has 5 heteroatoms. The number of para-hydroxylation sites is 2. The Bertz CT molecular complexity index is 3720. The smallest absolute Gasteiger partial charge is 0.269 e. The maximum Gasteiger partial charge on any atom is 0.269 e. The van der Waals surface area contributed by atoms with Crippen molar-refractivity contribution in [1.82, 2.24) is 14.1 Å². The predicted octanol–water partition coefficient (Wildman–Crippen LogP) is 14.2. The molecule has 0 N–H and O–H groups in total. The lowest BCUT2D eigenvalue weighted by Crippen LogP contribution is -2.31. The van der Waals surface area contributed by atoms with Gasteiger partial charge in [-0.3, -0.25) is 13.7 Å². The normalized spacial score (nSPS) is 14.4. The molecule has 304 valence electrons. The molecule has 0 amide bonds. The Balaban J connectivity index is 1.19. The van der Waals surface area contributed by atoms with E-state index in [1.807, 2.05) is 71.4 Å². The van der Waals surface area contributed by atoms with Crippen LogP contribution in [0.25, 0.3) is 72.3 Å². The minimum Gasteiger partial charge on any atom is -0.458 e. The molecule has 10 rings (SSSR count). The maximum atomic E-state index is 9.10. The highest BCUT2D eigenvalue weighted by Crippen LogP contribution is 2.38. The molecular formula is C57H50N4O. The van der Waals surface area contributed by atoms with E-state index in [0.29, 0.717) is 28.2 Å². The molecule has 0 radical (unpaired) electrons. The standard InChI is InChI=1S/C57H50N4O/c1-56(2,3)37-39-27-30-51-53(33-39)59(38-60(51)55-46(40-17-9-7-10-18-40)24-16-25-47(55)41-19-11-8-12-20-41)43-21-15-22-44(35-43)62-45-28-29-49-48-23-13-14-26-50(48)61(52(49)36-45)54-34-42(31-32-58-54)57(4,5)6/h7-36H,37H2,1-6H3/i7D,8D,9D,10D,11D,12D,17D,18D,19D,20D. The number of ether oxygens (including phenoxy) is 1. The van der Waals surface area contributed by atoms with Crippen molar-refractivity contribution >= 4 is 32.8 Å². The van der Waals surface area contributed by atoms with Crippen LogP contribution in [0.1, 0.15) is 66.4 Å². The molecule has 0 aliphatic carbocycles. The van der Waals surface area contributed by atoms with Crippen molar-refractivity contribution in [2.24, 2.45) is 5.41 Å². The summed E-state index contributed by atoms with van der Waals surface area (Å²) < 4.78 is 100. The summed E-state index contributed by atoms with van der Waals surface area (Å²) in [5.41, 5.74) is 6.14. The molecule has 0 atom stereocenters. The van der Waals surface area contributed by atoms with Gasteiger partial charge in [0, 0.05) is 23.0 Å². The number of benzene rings is 7. The van der Waals surface area contributed by atoms with Crippen LogP contribution in [0.4, 0.5) is 0 Å². The van der Waals surface area contributed by atoms with Crippen molar-refractivity contribution in [1.29, 1.82) is 0 Å². The van der Waals surface area contributed by atoms with E-state index in [0.717, 1.165) is 45.2 Å². The first kappa shape index (κ1) is 29.1. The third-order valence-corrected chi connectivity index (χ3v) is 11.1. The number of aromatic nitrogens is 4. The largest absolute Gasteiger partial charge is 0.458 e. The van der Waals surface area contributed by atoms with Crippen LogP contribution in [0.3, 0.4) is 0 Å². The zero-order chi connectivity index (χ0) is 51.3. The minimum atomic E-state index is -0.563. The summed E-state index contributed by atoms with van der Waals surface area (Å²) in [5.74, 6) is 1.91. The first-order valence-electron chi connectivity index (χ1n) is 25.7. The average molecular weight is 817 g/mol. The average Bonchev–Trinajstić information content (AvgIpc) is 3.88. The van der Waals surface area contributed by atoms with Crippen LogP contribution in [0, 0.1) is 11.7 Å². The number of hydrogen-bond acceptors (Lipinski definition) is 2. The van der Waals surface area contributed by atoms with Crippen LogP contribution in [-0.4, -0.2) is 14.1 Å². The lowest BCUT2D eigenvalue weighted by molar-refractivity contribution is -0.571. The van der Waals surface area contributed by atoms with Gasteiger partial charge in [0.1, 0.15) is 17.3 Å². The topological polar surface area (TPSA) is 35.9 Å². The molecule has 62 heavy (non-hydrogen) atoms. The highest BCUT2D eigenvalue weighted by atomic mass is 16.5. The fourth-order valence-electron chi connectivity index (χ4n) is 8.28. The Morgan fingerprint density at radius 2 is 1.31 bits per heavy atom. The molecule has 0 spiro atoms. The summed E-state index contributed by atoms with van der Waals surface area (Å²) in [6.45, 7) is 13.0. The molecule has 0 aliphatic rings. The van der Waals surface area contributed by atoms with Crippen molar-refractivity contribution in [2.75, 3.05) is 0 Å². The lowest BCUT2D eigenvalue weighted by atomic mass is 9.88. The number of fused-ring (bicyclic) bond motifs is 4. The van der Waals surface area contributed by atoms with E-state index in [-0.39, 0.29) is 38.8 Å². The molecule has 0 saturated carbocycles. The zero-order valence-corrected chi connectivity index (χ0v) is 35.5. The SMILES string of the molecule is [2H]c1c([2H])c([2H])c(-c2cccc(-c3c([2H])c([2H])c([2H])c([2H])c3[2H])c2-[n+]2[c-]n(-c3cccc(Oc4ccc5c6ccccc6n(-c6cc(C(C)(C)C)ccn6)c5c4)c3)c3cc(CC(C)(C)C)ccc32)c([2H])c1[2H]. The van der Waals surface area contributed by atoms with Gasteiger partial charge in [-0.2, -0.15) is 0 Å². The third-order valence-electron chi connectivity index (χ3n) is 11.1. The van der Waals surface area contributed by atoms with Crippen molar-refractivity contribution in [3.05, 3.63) is 199 Å². The van der Waals surface area contributed by atoms with Gasteiger partial charge in [-0.15, -0.1) is 0 Å². The van der Waals surface area contributed by atoms with Gasteiger partial charge in [-0.25, -0.2) is 4.98 Å². The Labute approximate surface area is 378 Å². The highest BCUT2D eigenvalue weighted by Gasteiger charge is 2.22. The van der Waals surface area contributed by atoms with Crippen LogP contribution >= 0.6 is 0 Å². The quantitative estimate of drug-likeness (QED) is 0.113. The van der Waals surface area contributed by atoms with Crippen molar-refractivity contribution in [3.8, 4) is 50.9 Å². The Morgan fingerprint density at radius 1 is 0.629 bits per heavy atom. The summed E-state index contributed by atoms with van der Waals surface area (Å²) >= 11 is 0.